The third-order valence-corrected chi connectivity index (χ3v) is 6.59. The molecule has 8 heteroatoms. The zero-order valence-corrected chi connectivity index (χ0v) is 21.4. The molecule has 3 rings (SSSR count). The average molecular weight is 480 g/mol. The lowest BCUT2D eigenvalue weighted by Crippen LogP contribution is -2.33. The van der Waals surface area contributed by atoms with Crippen LogP contribution in [0.2, 0.25) is 0 Å². The number of carbonyl (C=O) groups excluding carboxylic acids is 2. The van der Waals surface area contributed by atoms with Gasteiger partial charge in [0, 0.05) is 18.3 Å². The topological polar surface area (TPSA) is 88.9 Å². The highest BCUT2D eigenvalue weighted by atomic mass is 32.2. The quantitative estimate of drug-likeness (QED) is 0.417. The van der Waals surface area contributed by atoms with Crippen molar-refractivity contribution in [2.24, 2.45) is 13.0 Å². The summed E-state index contributed by atoms with van der Waals surface area (Å²) in [7, 11) is 1.86. The number of hydrogen-bond donors (Lipinski definition) is 2. The van der Waals surface area contributed by atoms with Crippen molar-refractivity contribution in [3.8, 4) is 0 Å². The molecule has 0 spiro atoms. The van der Waals surface area contributed by atoms with Gasteiger partial charge in [0.1, 0.15) is 0 Å². The van der Waals surface area contributed by atoms with Gasteiger partial charge in [-0.05, 0) is 42.5 Å². The van der Waals surface area contributed by atoms with Crippen molar-refractivity contribution in [2.45, 2.75) is 51.7 Å². The normalized spacial score (nSPS) is 12.1. The predicted molar refractivity (Wildman–Crippen MR) is 137 cm³/mol. The molecule has 34 heavy (non-hydrogen) atoms. The summed E-state index contributed by atoms with van der Waals surface area (Å²) < 4.78 is 1.85. The summed E-state index contributed by atoms with van der Waals surface area (Å²) in [6, 6.07) is 15.0. The SMILES string of the molecule is Cc1cccc(C(=O)N[C@@H](c2nnc(SCC(=O)Nc3ccccc3C(C)C)n2C)C(C)C)c1. The van der Waals surface area contributed by atoms with E-state index in [2.05, 4.69) is 34.7 Å². The van der Waals surface area contributed by atoms with E-state index in [-0.39, 0.29) is 29.5 Å². The minimum Gasteiger partial charge on any atom is -0.342 e. The Morgan fingerprint density at radius 3 is 2.44 bits per heavy atom. The molecule has 180 valence electrons. The molecular weight excluding hydrogens is 446 g/mol. The number of nitrogens with one attached hydrogen (secondary N) is 2. The Hall–Kier alpha value is -3.13. The van der Waals surface area contributed by atoms with Gasteiger partial charge in [0.05, 0.1) is 11.8 Å². The van der Waals surface area contributed by atoms with Gasteiger partial charge in [-0.25, -0.2) is 0 Å². The van der Waals surface area contributed by atoms with Crippen LogP contribution in [0.3, 0.4) is 0 Å². The van der Waals surface area contributed by atoms with Gasteiger partial charge in [-0.1, -0.05) is 75.4 Å². The number of hydrogen-bond acceptors (Lipinski definition) is 5. The Balaban J connectivity index is 1.68. The van der Waals surface area contributed by atoms with E-state index in [1.54, 1.807) is 6.07 Å². The first-order chi connectivity index (χ1) is 16.2. The van der Waals surface area contributed by atoms with E-state index in [9.17, 15) is 9.59 Å². The van der Waals surface area contributed by atoms with Crippen LogP contribution in [-0.4, -0.2) is 32.3 Å². The molecule has 3 aromatic rings. The molecule has 0 fully saturated rings. The maximum Gasteiger partial charge on any atom is 0.251 e. The first kappa shape index (κ1) is 25.5. The zero-order chi connectivity index (χ0) is 24.8. The van der Waals surface area contributed by atoms with E-state index in [4.69, 9.17) is 0 Å². The van der Waals surface area contributed by atoms with Crippen LogP contribution in [0, 0.1) is 12.8 Å². The molecular formula is C26H33N5O2S. The van der Waals surface area contributed by atoms with Crippen LogP contribution in [0.15, 0.2) is 53.7 Å². The molecule has 2 N–H and O–H groups in total. The Labute approximate surface area is 205 Å². The molecule has 2 aromatic carbocycles. The number of amides is 2. The number of rotatable bonds is 9. The van der Waals surface area contributed by atoms with Crippen molar-refractivity contribution in [1.82, 2.24) is 20.1 Å². The maximum absolute atomic E-state index is 12.8. The molecule has 1 atom stereocenters. The number of aromatic nitrogens is 3. The van der Waals surface area contributed by atoms with Crippen molar-refractivity contribution >= 4 is 29.3 Å². The van der Waals surface area contributed by atoms with Crippen LogP contribution in [-0.2, 0) is 11.8 Å². The van der Waals surface area contributed by atoms with Crippen molar-refractivity contribution in [1.29, 1.82) is 0 Å². The number of benzene rings is 2. The van der Waals surface area contributed by atoms with E-state index in [0.29, 0.717) is 22.5 Å². The maximum atomic E-state index is 12.8. The van der Waals surface area contributed by atoms with Gasteiger partial charge in [-0.2, -0.15) is 0 Å². The van der Waals surface area contributed by atoms with E-state index in [1.165, 1.54) is 11.8 Å². The Morgan fingerprint density at radius 2 is 1.76 bits per heavy atom. The van der Waals surface area contributed by atoms with Crippen LogP contribution in [0.4, 0.5) is 5.69 Å². The molecule has 0 aliphatic heterocycles. The highest BCUT2D eigenvalue weighted by Crippen LogP contribution is 2.26. The number of para-hydroxylation sites is 1. The molecule has 0 radical (unpaired) electrons. The molecule has 0 aliphatic carbocycles. The Bertz CT molecular complexity index is 1160. The molecule has 0 unspecified atom stereocenters. The van der Waals surface area contributed by atoms with Crippen molar-refractivity contribution in [3.63, 3.8) is 0 Å². The lowest BCUT2D eigenvalue weighted by molar-refractivity contribution is -0.113. The van der Waals surface area contributed by atoms with Crippen LogP contribution in [0.25, 0.3) is 0 Å². The summed E-state index contributed by atoms with van der Waals surface area (Å²) in [4.78, 5) is 25.4. The van der Waals surface area contributed by atoms with Gasteiger partial charge < -0.3 is 15.2 Å². The summed E-state index contributed by atoms with van der Waals surface area (Å²) in [5, 5.41) is 15.3. The third-order valence-electron chi connectivity index (χ3n) is 5.57. The van der Waals surface area contributed by atoms with E-state index in [0.717, 1.165) is 16.8 Å². The van der Waals surface area contributed by atoms with E-state index < -0.39 is 0 Å². The minimum atomic E-state index is -0.313. The van der Waals surface area contributed by atoms with Crippen molar-refractivity contribution in [3.05, 3.63) is 71.0 Å². The zero-order valence-electron chi connectivity index (χ0n) is 20.6. The molecule has 0 bridgehead atoms. The largest absolute Gasteiger partial charge is 0.342 e. The molecule has 1 heterocycles. The van der Waals surface area contributed by atoms with Crippen LogP contribution in [0.1, 0.15) is 67.0 Å². The fourth-order valence-corrected chi connectivity index (χ4v) is 4.41. The van der Waals surface area contributed by atoms with Crippen molar-refractivity contribution < 1.29 is 9.59 Å². The number of anilines is 1. The Kier molecular flexibility index (Phi) is 8.50. The van der Waals surface area contributed by atoms with Crippen molar-refractivity contribution in [2.75, 3.05) is 11.1 Å². The molecule has 0 saturated heterocycles. The molecule has 1 aromatic heterocycles. The average Bonchev–Trinajstić information content (AvgIpc) is 3.15. The van der Waals surface area contributed by atoms with Gasteiger partial charge in [0.15, 0.2) is 11.0 Å². The first-order valence-electron chi connectivity index (χ1n) is 11.5. The molecule has 0 aliphatic rings. The summed E-state index contributed by atoms with van der Waals surface area (Å²) in [6.07, 6.45) is 0. The number of aryl methyl sites for hydroxylation is 1. The second-order valence-electron chi connectivity index (χ2n) is 9.04. The lowest BCUT2D eigenvalue weighted by atomic mass is 10.0. The Morgan fingerprint density at radius 1 is 1.03 bits per heavy atom. The second-order valence-corrected chi connectivity index (χ2v) is 9.99. The summed E-state index contributed by atoms with van der Waals surface area (Å²) in [5.74, 6) is 1.03. The van der Waals surface area contributed by atoms with Gasteiger partial charge >= 0.3 is 0 Å². The smallest absolute Gasteiger partial charge is 0.251 e. The van der Waals surface area contributed by atoms with Gasteiger partial charge in [0.25, 0.3) is 5.91 Å². The predicted octanol–water partition coefficient (Wildman–Crippen LogP) is 5.10. The molecule has 2 amide bonds. The third kappa shape index (κ3) is 6.26. The first-order valence-corrected chi connectivity index (χ1v) is 12.4. The van der Waals surface area contributed by atoms with Gasteiger partial charge in [0.2, 0.25) is 5.91 Å². The van der Waals surface area contributed by atoms with Crippen LogP contribution < -0.4 is 10.6 Å². The lowest BCUT2D eigenvalue weighted by Gasteiger charge is -2.22. The van der Waals surface area contributed by atoms with Crippen LogP contribution in [0.5, 0.6) is 0 Å². The number of thioether (sulfide) groups is 1. The molecule has 0 saturated carbocycles. The standard InChI is InChI=1S/C26H33N5O2S/c1-16(2)20-12-7-8-13-21(20)27-22(32)15-34-26-30-29-24(31(26)6)23(17(3)4)28-25(33)19-11-9-10-18(5)14-19/h7-14,16-17,23H,15H2,1-6H3,(H,27,32)(H,28,33)/t23-/m1/s1. The van der Waals surface area contributed by atoms with E-state index in [1.807, 2.05) is 74.9 Å². The minimum absolute atomic E-state index is 0.101. The molecule has 7 nitrogen and oxygen atoms in total. The van der Waals surface area contributed by atoms with Crippen LogP contribution >= 0.6 is 11.8 Å². The second kappa shape index (κ2) is 11.3. The number of carbonyl (C=O) groups is 2. The van der Waals surface area contributed by atoms with Gasteiger partial charge in [-0.15, -0.1) is 10.2 Å². The number of nitrogens with zero attached hydrogens (tertiary/aromatic N) is 3. The fourth-order valence-electron chi connectivity index (χ4n) is 3.69. The summed E-state index contributed by atoms with van der Waals surface area (Å²) in [6.45, 7) is 10.2. The van der Waals surface area contributed by atoms with E-state index >= 15 is 0 Å². The summed E-state index contributed by atoms with van der Waals surface area (Å²) >= 11 is 1.32. The summed E-state index contributed by atoms with van der Waals surface area (Å²) in [5.41, 5.74) is 3.58. The highest BCUT2D eigenvalue weighted by molar-refractivity contribution is 7.99. The fraction of sp³-hybridized carbons (Fsp3) is 0.385. The highest BCUT2D eigenvalue weighted by Gasteiger charge is 2.25. The van der Waals surface area contributed by atoms with Gasteiger partial charge in [-0.3, -0.25) is 9.59 Å². The monoisotopic (exact) mass is 479 g/mol.